The molecule has 5 nitrogen and oxygen atoms in total. The van der Waals surface area contributed by atoms with Gasteiger partial charge in [-0.05, 0) is 64.6 Å². The summed E-state index contributed by atoms with van der Waals surface area (Å²) in [5.41, 5.74) is 5.84. The summed E-state index contributed by atoms with van der Waals surface area (Å²) in [6.07, 6.45) is 3.77. The van der Waals surface area contributed by atoms with Gasteiger partial charge in [0, 0.05) is 37.2 Å². The number of hydrogen-bond acceptors (Lipinski definition) is 4. The maximum absolute atomic E-state index is 13.4. The number of hydrogen-bond donors (Lipinski definition) is 1. The molecule has 4 aromatic rings. The van der Waals surface area contributed by atoms with Crippen molar-refractivity contribution in [3.63, 3.8) is 0 Å². The Bertz CT molecular complexity index is 1400. The van der Waals surface area contributed by atoms with Crippen LogP contribution in [0.1, 0.15) is 16.7 Å². The summed E-state index contributed by atoms with van der Waals surface area (Å²) in [6, 6.07) is 26.0. The average Bonchev–Trinajstić information content (AvgIpc) is 2.85. The van der Waals surface area contributed by atoms with E-state index in [1.165, 1.54) is 12.1 Å². The molecular weight excluding hydrogens is 461 g/mol. The zero-order valence-corrected chi connectivity index (χ0v) is 20.0. The van der Waals surface area contributed by atoms with Crippen LogP contribution in [0.3, 0.4) is 0 Å². The molecule has 1 unspecified atom stereocenters. The third-order valence-corrected chi connectivity index (χ3v) is 7.55. The van der Waals surface area contributed by atoms with E-state index in [4.69, 9.17) is 0 Å². The van der Waals surface area contributed by atoms with Crippen LogP contribution in [0.5, 0.6) is 0 Å². The highest BCUT2D eigenvalue weighted by Crippen LogP contribution is 2.33. The van der Waals surface area contributed by atoms with Crippen LogP contribution < -0.4 is 9.62 Å². The molecule has 35 heavy (non-hydrogen) atoms. The van der Waals surface area contributed by atoms with E-state index < -0.39 is 10.0 Å². The maximum Gasteiger partial charge on any atom is 0.216 e. The molecule has 178 valence electrons. The number of halogens is 1. The van der Waals surface area contributed by atoms with Crippen molar-refractivity contribution < 1.29 is 12.8 Å². The minimum atomic E-state index is -3.56. The molecule has 1 aromatic heterocycles. The normalized spacial score (nSPS) is 15.6. The Morgan fingerprint density at radius 1 is 0.914 bits per heavy atom. The Balaban J connectivity index is 1.44. The van der Waals surface area contributed by atoms with Crippen molar-refractivity contribution in [2.45, 2.75) is 24.8 Å². The number of nitrogens with zero attached hydrogens (tertiary/aromatic N) is 2. The zero-order valence-electron chi connectivity index (χ0n) is 19.1. The van der Waals surface area contributed by atoms with Gasteiger partial charge in [0.15, 0.2) is 0 Å². The van der Waals surface area contributed by atoms with Crippen LogP contribution in [0.2, 0.25) is 0 Å². The Kier molecular flexibility index (Phi) is 6.61. The first-order valence-corrected chi connectivity index (χ1v) is 13.2. The lowest BCUT2D eigenvalue weighted by molar-refractivity contribution is 0.524. The number of nitrogens with one attached hydrogen (secondary N) is 1. The van der Waals surface area contributed by atoms with Gasteiger partial charge in [-0.1, -0.05) is 54.6 Å². The van der Waals surface area contributed by atoms with E-state index in [9.17, 15) is 12.8 Å². The highest BCUT2D eigenvalue weighted by atomic mass is 32.2. The summed E-state index contributed by atoms with van der Waals surface area (Å²) in [4.78, 5) is 6.25. The number of anilines is 1. The minimum Gasteiger partial charge on any atom is -0.365 e. The van der Waals surface area contributed by atoms with Crippen molar-refractivity contribution in [2.24, 2.45) is 0 Å². The van der Waals surface area contributed by atoms with Gasteiger partial charge in [0.25, 0.3) is 0 Å². The lowest BCUT2D eigenvalue weighted by atomic mass is 9.94. The first-order chi connectivity index (χ1) is 16.9. The molecule has 0 amide bonds. The predicted octanol–water partition coefficient (Wildman–Crippen LogP) is 4.94. The average molecular weight is 488 g/mol. The van der Waals surface area contributed by atoms with Crippen molar-refractivity contribution in [3.05, 3.63) is 120 Å². The first-order valence-electron chi connectivity index (χ1n) is 11.5. The molecule has 0 radical (unpaired) electrons. The Hall–Kier alpha value is -3.55. The second-order valence-corrected chi connectivity index (χ2v) is 10.6. The number of fused-ring (bicyclic) bond motifs is 1. The number of benzene rings is 3. The molecule has 7 heteroatoms. The van der Waals surface area contributed by atoms with Crippen LogP contribution in [0.15, 0.2) is 97.3 Å². The number of sulfonamides is 1. The number of aromatic nitrogens is 1. The molecule has 0 saturated heterocycles. The largest absolute Gasteiger partial charge is 0.365 e. The molecule has 0 fully saturated rings. The van der Waals surface area contributed by atoms with Gasteiger partial charge in [-0.25, -0.2) is 17.5 Å². The molecule has 1 aliphatic heterocycles. The van der Waals surface area contributed by atoms with Gasteiger partial charge in [-0.3, -0.25) is 4.98 Å². The highest BCUT2D eigenvalue weighted by Gasteiger charge is 2.28. The Morgan fingerprint density at radius 3 is 2.40 bits per heavy atom. The third kappa shape index (κ3) is 5.75. The summed E-state index contributed by atoms with van der Waals surface area (Å²) in [6.45, 7) is 1.23. The molecule has 0 aliphatic carbocycles. The van der Waals surface area contributed by atoms with Crippen LogP contribution in [0, 0.1) is 5.82 Å². The number of pyridine rings is 1. The summed E-state index contributed by atoms with van der Waals surface area (Å²) in [7, 11) is -3.56. The van der Waals surface area contributed by atoms with E-state index in [1.54, 1.807) is 36.7 Å². The summed E-state index contributed by atoms with van der Waals surface area (Å²) < 4.78 is 42.3. The topological polar surface area (TPSA) is 62.3 Å². The van der Waals surface area contributed by atoms with Crippen molar-refractivity contribution in [3.8, 4) is 11.1 Å². The second-order valence-electron chi connectivity index (χ2n) is 8.86. The van der Waals surface area contributed by atoms with Gasteiger partial charge >= 0.3 is 0 Å². The minimum absolute atomic E-state index is 0.113. The van der Waals surface area contributed by atoms with Crippen LogP contribution >= 0.6 is 0 Å². The molecule has 0 bridgehead atoms. The predicted molar refractivity (Wildman–Crippen MR) is 137 cm³/mol. The lowest BCUT2D eigenvalue weighted by Gasteiger charge is -2.37. The first kappa shape index (κ1) is 23.2. The third-order valence-electron chi connectivity index (χ3n) is 6.15. The molecule has 1 N–H and O–H groups in total. The standard InChI is InChI=1S/C28H26FN3O2S/c29-26-11-8-23(9-12-26)24-10-13-28-25(15-24)16-27(19-32(28)18-21-5-2-1-3-6-21)31-35(33,34)20-22-7-4-14-30-17-22/h1-15,17,27,31H,16,18-20H2. The molecule has 1 atom stereocenters. The van der Waals surface area contributed by atoms with E-state index in [0.29, 0.717) is 25.1 Å². The smallest absolute Gasteiger partial charge is 0.216 e. The van der Waals surface area contributed by atoms with Gasteiger partial charge in [0.1, 0.15) is 5.82 Å². The van der Waals surface area contributed by atoms with Crippen LogP contribution in [-0.2, 0) is 28.7 Å². The van der Waals surface area contributed by atoms with Gasteiger partial charge in [0.2, 0.25) is 10.0 Å². The monoisotopic (exact) mass is 487 g/mol. The molecule has 2 heterocycles. The second kappa shape index (κ2) is 9.98. The Labute approximate surface area is 205 Å². The van der Waals surface area contributed by atoms with Crippen LogP contribution in [0.4, 0.5) is 10.1 Å². The fraction of sp³-hybridized carbons (Fsp3) is 0.179. The zero-order chi connectivity index (χ0) is 24.3. The molecule has 1 aliphatic rings. The molecule has 3 aromatic carbocycles. The van der Waals surface area contributed by atoms with Crippen molar-refractivity contribution in [1.82, 2.24) is 9.71 Å². The van der Waals surface area contributed by atoms with Crippen molar-refractivity contribution >= 4 is 15.7 Å². The summed E-state index contributed by atoms with van der Waals surface area (Å²) in [5.74, 6) is -0.387. The van der Waals surface area contributed by atoms with E-state index in [1.807, 2.05) is 24.3 Å². The molecule has 0 spiro atoms. The summed E-state index contributed by atoms with van der Waals surface area (Å²) >= 11 is 0. The molecule has 5 rings (SSSR count). The fourth-order valence-electron chi connectivity index (χ4n) is 4.60. The van der Waals surface area contributed by atoms with Gasteiger partial charge in [0.05, 0.1) is 5.75 Å². The van der Waals surface area contributed by atoms with Crippen LogP contribution in [-0.4, -0.2) is 26.0 Å². The van der Waals surface area contributed by atoms with Gasteiger partial charge < -0.3 is 4.90 Å². The fourth-order valence-corrected chi connectivity index (χ4v) is 5.96. The quantitative estimate of drug-likeness (QED) is 0.401. The van der Waals surface area contributed by atoms with E-state index in [-0.39, 0.29) is 17.6 Å². The molecule has 0 saturated carbocycles. The lowest BCUT2D eigenvalue weighted by Crippen LogP contribution is -2.48. The Morgan fingerprint density at radius 2 is 1.66 bits per heavy atom. The van der Waals surface area contributed by atoms with Crippen LogP contribution in [0.25, 0.3) is 11.1 Å². The van der Waals surface area contributed by atoms with E-state index in [0.717, 1.165) is 27.9 Å². The van der Waals surface area contributed by atoms with Gasteiger partial charge in [-0.15, -0.1) is 0 Å². The van der Waals surface area contributed by atoms with E-state index in [2.05, 4.69) is 38.9 Å². The highest BCUT2D eigenvalue weighted by molar-refractivity contribution is 7.88. The van der Waals surface area contributed by atoms with E-state index >= 15 is 0 Å². The maximum atomic E-state index is 13.4. The summed E-state index contributed by atoms with van der Waals surface area (Å²) in [5, 5.41) is 0. The molecular formula is C28H26FN3O2S. The van der Waals surface area contributed by atoms with Gasteiger partial charge in [-0.2, -0.15) is 0 Å². The number of rotatable bonds is 7. The van der Waals surface area contributed by atoms with Crippen molar-refractivity contribution in [1.29, 1.82) is 0 Å². The van der Waals surface area contributed by atoms with Crippen molar-refractivity contribution in [2.75, 3.05) is 11.4 Å². The SMILES string of the molecule is O=S(=O)(Cc1cccnc1)NC1Cc2cc(-c3ccc(F)cc3)ccc2N(Cc2ccccc2)C1.